The van der Waals surface area contributed by atoms with E-state index in [1.165, 1.54) is 128 Å². The minimum Gasteiger partial charge on any atom is -0.462 e. The first-order valence-electron chi connectivity index (χ1n) is 29.7. The van der Waals surface area contributed by atoms with Crippen molar-refractivity contribution in [2.45, 2.75) is 284 Å². The lowest BCUT2D eigenvalue weighted by atomic mass is 10.1. The summed E-state index contributed by atoms with van der Waals surface area (Å²) < 4.78 is 16.8. The van der Waals surface area contributed by atoms with Crippen molar-refractivity contribution in [1.82, 2.24) is 0 Å². The molecule has 0 aromatic rings. The molecule has 0 saturated carbocycles. The summed E-state index contributed by atoms with van der Waals surface area (Å²) in [4.78, 5) is 38.2. The number of carbonyl (C=O) groups excluding carboxylic acids is 3. The van der Waals surface area contributed by atoms with Gasteiger partial charge in [-0.05, 0) is 122 Å². The maximum atomic E-state index is 12.9. The maximum Gasteiger partial charge on any atom is 0.306 e. The van der Waals surface area contributed by atoms with Crippen LogP contribution >= 0.6 is 0 Å². The minimum atomic E-state index is -0.799. The van der Waals surface area contributed by atoms with E-state index in [1.807, 2.05) is 0 Å². The summed E-state index contributed by atoms with van der Waals surface area (Å²) in [6.07, 6.45) is 78.3. The molecule has 0 amide bonds. The van der Waals surface area contributed by atoms with Crippen LogP contribution in [0.1, 0.15) is 278 Å². The molecule has 0 radical (unpaired) electrons. The highest BCUT2D eigenvalue weighted by Gasteiger charge is 2.19. The third kappa shape index (κ3) is 57.1. The fourth-order valence-corrected chi connectivity index (χ4v) is 8.08. The van der Waals surface area contributed by atoms with Gasteiger partial charge in [-0.25, -0.2) is 0 Å². The highest BCUT2D eigenvalue weighted by Crippen LogP contribution is 2.15. The highest BCUT2D eigenvalue weighted by molar-refractivity contribution is 5.71. The molecule has 0 aromatic carbocycles. The van der Waals surface area contributed by atoms with E-state index in [1.54, 1.807) is 0 Å². The molecular formula is C65H110O6. The van der Waals surface area contributed by atoms with Crippen LogP contribution in [0.5, 0.6) is 0 Å². The van der Waals surface area contributed by atoms with E-state index in [-0.39, 0.29) is 31.1 Å². The van der Waals surface area contributed by atoms with E-state index >= 15 is 0 Å². The fraction of sp³-hybridized carbons (Fsp3) is 0.708. The molecule has 0 N–H and O–H groups in total. The zero-order valence-corrected chi connectivity index (χ0v) is 46.5. The van der Waals surface area contributed by atoms with Crippen molar-refractivity contribution in [2.24, 2.45) is 0 Å². The number of rotatable bonds is 53. The molecule has 0 aliphatic rings. The summed E-state index contributed by atoms with van der Waals surface area (Å²) >= 11 is 0. The van der Waals surface area contributed by atoms with Crippen molar-refractivity contribution in [3.8, 4) is 0 Å². The van der Waals surface area contributed by atoms with Crippen LogP contribution in [0, 0.1) is 0 Å². The maximum absolute atomic E-state index is 12.9. The molecule has 71 heavy (non-hydrogen) atoms. The first-order chi connectivity index (χ1) is 35.0. The van der Waals surface area contributed by atoms with Crippen molar-refractivity contribution in [1.29, 1.82) is 0 Å². The molecule has 0 bridgehead atoms. The summed E-state index contributed by atoms with van der Waals surface area (Å²) in [5, 5.41) is 0. The van der Waals surface area contributed by atoms with Gasteiger partial charge in [-0.15, -0.1) is 0 Å². The zero-order valence-electron chi connectivity index (χ0n) is 46.5. The molecule has 0 fully saturated rings. The Morgan fingerprint density at radius 2 is 0.549 bits per heavy atom. The van der Waals surface area contributed by atoms with Gasteiger partial charge in [0.05, 0.1) is 0 Å². The molecule has 0 heterocycles. The standard InChI is InChI=1S/C65H110O6/c1-4-7-10-13-16-19-22-25-27-29-31-32-34-35-37-40-43-46-49-52-55-58-64(67)70-61-62(60-69-63(66)57-54-51-48-45-42-39-24-21-18-15-12-9-6-3)71-65(68)59-56-53-50-47-44-41-38-36-33-30-28-26-23-20-17-14-11-8-5-2/h9,12,17-18,20-22,25-26,28-29,31,34-35,39,42,62H,4-8,10-11,13-16,19,23-24,27,30,32-33,36-38,40-41,43-61H2,1-3H3/b12-9-,20-17-,21-18-,25-22-,28-26-,31-29-,35-34-,42-39-. The molecule has 406 valence electrons. The second-order valence-corrected chi connectivity index (χ2v) is 19.5. The number of esters is 3. The van der Waals surface area contributed by atoms with Crippen LogP contribution in [0.4, 0.5) is 0 Å². The van der Waals surface area contributed by atoms with Gasteiger partial charge in [0.1, 0.15) is 13.2 Å². The Labute approximate surface area is 438 Å². The quantitative estimate of drug-likeness (QED) is 0.0261. The smallest absolute Gasteiger partial charge is 0.306 e. The molecule has 1 unspecified atom stereocenters. The number of hydrogen-bond acceptors (Lipinski definition) is 6. The van der Waals surface area contributed by atoms with E-state index in [2.05, 4.69) is 118 Å². The van der Waals surface area contributed by atoms with Crippen molar-refractivity contribution in [2.75, 3.05) is 13.2 Å². The Balaban J connectivity index is 4.42. The number of unbranched alkanes of at least 4 members (excludes halogenated alkanes) is 26. The largest absolute Gasteiger partial charge is 0.462 e. The van der Waals surface area contributed by atoms with Gasteiger partial charge in [0, 0.05) is 19.3 Å². The van der Waals surface area contributed by atoms with Gasteiger partial charge in [-0.3, -0.25) is 14.4 Å². The number of hydrogen-bond donors (Lipinski definition) is 0. The van der Waals surface area contributed by atoms with Gasteiger partial charge < -0.3 is 14.2 Å². The average Bonchev–Trinajstić information content (AvgIpc) is 3.37. The Bertz CT molecular complexity index is 1410. The van der Waals surface area contributed by atoms with Crippen LogP contribution in [0.2, 0.25) is 0 Å². The lowest BCUT2D eigenvalue weighted by Crippen LogP contribution is -2.30. The third-order valence-electron chi connectivity index (χ3n) is 12.5. The second kappa shape index (κ2) is 58.9. The van der Waals surface area contributed by atoms with Gasteiger partial charge >= 0.3 is 17.9 Å². The van der Waals surface area contributed by atoms with Crippen LogP contribution in [0.3, 0.4) is 0 Å². The molecule has 0 aromatic heterocycles. The fourth-order valence-electron chi connectivity index (χ4n) is 8.08. The van der Waals surface area contributed by atoms with E-state index < -0.39 is 6.10 Å². The molecule has 0 aliphatic carbocycles. The van der Waals surface area contributed by atoms with Gasteiger partial charge in [-0.1, -0.05) is 234 Å². The summed E-state index contributed by atoms with van der Waals surface area (Å²) in [7, 11) is 0. The predicted molar refractivity (Wildman–Crippen MR) is 307 cm³/mol. The zero-order chi connectivity index (χ0) is 51.4. The van der Waals surface area contributed by atoms with Crippen LogP contribution in [-0.2, 0) is 28.6 Å². The van der Waals surface area contributed by atoms with E-state index in [4.69, 9.17) is 14.2 Å². The molecule has 6 nitrogen and oxygen atoms in total. The number of carbonyl (C=O) groups is 3. The molecular weight excluding hydrogens is 877 g/mol. The lowest BCUT2D eigenvalue weighted by molar-refractivity contribution is -0.167. The van der Waals surface area contributed by atoms with E-state index in [9.17, 15) is 14.4 Å². The van der Waals surface area contributed by atoms with Gasteiger partial charge in [-0.2, -0.15) is 0 Å². The van der Waals surface area contributed by atoms with Crippen LogP contribution < -0.4 is 0 Å². The first kappa shape index (κ1) is 67.3. The average molecular weight is 988 g/mol. The van der Waals surface area contributed by atoms with Crippen LogP contribution in [0.25, 0.3) is 0 Å². The normalized spacial score (nSPS) is 12.8. The Kier molecular flexibility index (Phi) is 55.9. The summed E-state index contributed by atoms with van der Waals surface area (Å²) in [6.45, 7) is 6.46. The molecule has 0 rings (SSSR count). The first-order valence-corrected chi connectivity index (χ1v) is 29.7. The SMILES string of the molecule is CC/C=C\C/C=C\C/C=C\CCCCCC(=O)OCC(COC(=O)CCCCCCCC/C=C\C/C=C\C/C=C\CCCCCCC)OC(=O)CCCCCCCCCCC/C=C\C/C=C\CCCCC. The predicted octanol–water partition coefficient (Wildman–Crippen LogP) is 20.1. The van der Waals surface area contributed by atoms with Crippen LogP contribution in [0.15, 0.2) is 97.2 Å². The minimum absolute atomic E-state index is 0.0960. The van der Waals surface area contributed by atoms with Crippen LogP contribution in [-0.4, -0.2) is 37.2 Å². The van der Waals surface area contributed by atoms with Crippen molar-refractivity contribution < 1.29 is 28.6 Å². The summed E-state index contributed by atoms with van der Waals surface area (Å²) in [5.41, 5.74) is 0. The second-order valence-electron chi connectivity index (χ2n) is 19.5. The molecule has 1 atom stereocenters. The molecule has 6 heteroatoms. The highest BCUT2D eigenvalue weighted by atomic mass is 16.6. The molecule has 0 aliphatic heterocycles. The van der Waals surface area contributed by atoms with Gasteiger partial charge in [0.25, 0.3) is 0 Å². The number of allylic oxidation sites excluding steroid dienone is 16. The van der Waals surface area contributed by atoms with Crippen molar-refractivity contribution >= 4 is 17.9 Å². The Morgan fingerprint density at radius 1 is 0.296 bits per heavy atom. The molecule has 0 saturated heterocycles. The monoisotopic (exact) mass is 987 g/mol. The molecule has 0 spiro atoms. The lowest BCUT2D eigenvalue weighted by Gasteiger charge is -2.18. The topological polar surface area (TPSA) is 78.9 Å². The van der Waals surface area contributed by atoms with Gasteiger partial charge in [0.15, 0.2) is 6.10 Å². The summed E-state index contributed by atoms with van der Waals surface area (Å²) in [5.74, 6) is -0.938. The number of ether oxygens (including phenoxy) is 3. The third-order valence-corrected chi connectivity index (χ3v) is 12.5. The van der Waals surface area contributed by atoms with E-state index in [0.717, 1.165) is 109 Å². The summed E-state index contributed by atoms with van der Waals surface area (Å²) in [6, 6.07) is 0. The Hall–Kier alpha value is -3.67. The van der Waals surface area contributed by atoms with Crippen molar-refractivity contribution in [3.63, 3.8) is 0 Å². The van der Waals surface area contributed by atoms with Gasteiger partial charge in [0.2, 0.25) is 0 Å². The Morgan fingerprint density at radius 3 is 0.901 bits per heavy atom. The van der Waals surface area contributed by atoms with Crippen molar-refractivity contribution in [3.05, 3.63) is 97.2 Å². The van der Waals surface area contributed by atoms with E-state index in [0.29, 0.717) is 19.3 Å².